The van der Waals surface area contributed by atoms with Gasteiger partial charge in [-0.3, -0.25) is 0 Å². The van der Waals surface area contributed by atoms with Gasteiger partial charge in [0.25, 0.3) is 0 Å². The van der Waals surface area contributed by atoms with Gasteiger partial charge in [0.15, 0.2) is 0 Å². The molecule has 0 saturated heterocycles. The smallest absolute Gasteiger partial charge is 0.143 e. The second-order valence-corrected chi connectivity index (χ2v) is 5.70. The van der Waals surface area contributed by atoms with Gasteiger partial charge in [-0.2, -0.15) is 0 Å². The number of hydrogen-bond acceptors (Lipinski definition) is 4. The van der Waals surface area contributed by atoms with Crippen molar-refractivity contribution in [3.63, 3.8) is 0 Å². The van der Waals surface area contributed by atoms with Crippen LogP contribution in [0.25, 0.3) is 0 Å². The molecule has 0 unspecified atom stereocenters. The number of ether oxygens (including phenoxy) is 1. The molecule has 0 radical (unpaired) electrons. The predicted octanol–water partition coefficient (Wildman–Crippen LogP) is 2.63. The van der Waals surface area contributed by atoms with Crippen LogP contribution < -0.4 is 15.8 Å². The van der Waals surface area contributed by atoms with Gasteiger partial charge >= 0.3 is 0 Å². The van der Waals surface area contributed by atoms with Crippen molar-refractivity contribution < 1.29 is 9.84 Å². The quantitative estimate of drug-likeness (QED) is 0.731. The summed E-state index contributed by atoms with van der Waals surface area (Å²) in [5, 5.41) is 13.2. The van der Waals surface area contributed by atoms with E-state index in [4.69, 9.17) is 10.5 Å². The van der Waals surface area contributed by atoms with Gasteiger partial charge in [-0.25, -0.2) is 0 Å². The van der Waals surface area contributed by atoms with Crippen molar-refractivity contribution in [3.8, 4) is 5.75 Å². The lowest BCUT2D eigenvalue weighted by atomic mass is 9.77. The molecule has 1 saturated carbocycles. The third-order valence-corrected chi connectivity index (χ3v) is 4.18. The molecule has 4 heteroatoms. The molecule has 1 aliphatic rings. The fraction of sp³-hybridized carbons (Fsp3) is 0.600. The largest absolute Gasteiger partial charge is 0.495 e. The minimum atomic E-state index is -0.201. The Morgan fingerprint density at radius 3 is 2.68 bits per heavy atom. The highest BCUT2D eigenvalue weighted by Gasteiger charge is 2.33. The summed E-state index contributed by atoms with van der Waals surface area (Å²) in [5.41, 5.74) is 7.20. The van der Waals surface area contributed by atoms with Crippen LogP contribution in [0.1, 0.15) is 32.6 Å². The molecule has 0 spiro atoms. The Kier molecular flexibility index (Phi) is 4.20. The average molecular weight is 264 g/mol. The summed E-state index contributed by atoms with van der Waals surface area (Å²) in [6.07, 6.45) is 4.30. The Hall–Kier alpha value is -1.42. The summed E-state index contributed by atoms with van der Waals surface area (Å²) < 4.78 is 5.23. The van der Waals surface area contributed by atoms with Gasteiger partial charge < -0.3 is 20.9 Å². The van der Waals surface area contributed by atoms with Crippen LogP contribution in [0.4, 0.5) is 11.4 Å². The minimum Gasteiger partial charge on any atom is -0.495 e. The summed E-state index contributed by atoms with van der Waals surface area (Å²) in [4.78, 5) is 0. The molecule has 0 bridgehead atoms. The lowest BCUT2D eigenvalue weighted by Gasteiger charge is -2.39. The van der Waals surface area contributed by atoms with E-state index < -0.39 is 0 Å². The van der Waals surface area contributed by atoms with Gasteiger partial charge in [0.2, 0.25) is 0 Å². The maximum Gasteiger partial charge on any atom is 0.143 e. The number of methoxy groups -OCH3 is 1. The number of nitrogens with two attached hydrogens (primary N) is 1. The summed E-state index contributed by atoms with van der Waals surface area (Å²) in [7, 11) is 1.61. The maximum absolute atomic E-state index is 9.75. The van der Waals surface area contributed by atoms with Gasteiger partial charge in [-0.05, 0) is 43.7 Å². The zero-order valence-corrected chi connectivity index (χ0v) is 11.8. The zero-order valence-electron chi connectivity index (χ0n) is 11.8. The molecule has 0 amide bonds. The van der Waals surface area contributed by atoms with E-state index in [9.17, 15) is 5.11 Å². The Balaban J connectivity index is 2.14. The van der Waals surface area contributed by atoms with Gasteiger partial charge in [-0.15, -0.1) is 0 Å². The van der Waals surface area contributed by atoms with Gasteiger partial charge in [0.05, 0.1) is 24.9 Å². The van der Waals surface area contributed by atoms with Crippen molar-refractivity contribution in [2.24, 2.45) is 5.92 Å². The van der Waals surface area contributed by atoms with E-state index >= 15 is 0 Å². The van der Waals surface area contributed by atoms with Crippen molar-refractivity contribution in [2.45, 2.75) is 38.1 Å². The second kappa shape index (κ2) is 5.70. The first-order valence-corrected chi connectivity index (χ1v) is 6.91. The summed E-state index contributed by atoms with van der Waals surface area (Å²) >= 11 is 0. The number of aliphatic hydroxyl groups excluding tert-OH is 1. The van der Waals surface area contributed by atoms with Gasteiger partial charge in [0, 0.05) is 11.8 Å². The van der Waals surface area contributed by atoms with Crippen LogP contribution in [0.5, 0.6) is 5.75 Å². The predicted molar refractivity (Wildman–Crippen MR) is 78.5 cm³/mol. The lowest BCUT2D eigenvalue weighted by molar-refractivity contribution is 0.155. The Morgan fingerprint density at radius 2 is 2.11 bits per heavy atom. The average Bonchev–Trinajstić information content (AvgIpc) is 2.44. The Morgan fingerprint density at radius 1 is 1.42 bits per heavy atom. The molecule has 1 aliphatic carbocycles. The molecule has 0 aliphatic heterocycles. The molecule has 1 aromatic rings. The standard InChI is InChI=1S/C15H24N2O2/c1-11-5-7-15(10-18,8-6-11)17-12-3-4-13(16)14(9-12)19-2/h3-4,9,11,17-18H,5-8,10,16H2,1-2H3. The van der Waals surface area contributed by atoms with E-state index in [1.165, 1.54) is 0 Å². The molecule has 4 nitrogen and oxygen atoms in total. The van der Waals surface area contributed by atoms with E-state index in [1.54, 1.807) is 7.11 Å². The van der Waals surface area contributed by atoms with Crippen molar-refractivity contribution in [3.05, 3.63) is 18.2 Å². The molecule has 106 valence electrons. The maximum atomic E-state index is 9.75. The van der Waals surface area contributed by atoms with E-state index in [0.717, 1.165) is 37.3 Å². The van der Waals surface area contributed by atoms with Crippen LogP contribution >= 0.6 is 0 Å². The van der Waals surface area contributed by atoms with Crippen LogP contribution in [-0.4, -0.2) is 24.4 Å². The molecule has 1 aromatic carbocycles. The minimum absolute atomic E-state index is 0.159. The Labute approximate surface area is 115 Å². The fourth-order valence-electron chi connectivity index (χ4n) is 2.73. The first-order valence-electron chi connectivity index (χ1n) is 6.91. The molecular weight excluding hydrogens is 240 g/mol. The van der Waals surface area contributed by atoms with E-state index in [-0.39, 0.29) is 12.1 Å². The van der Waals surface area contributed by atoms with Crippen molar-refractivity contribution in [1.29, 1.82) is 0 Å². The molecule has 19 heavy (non-hydrogen) atoms. The topological polar surface area (TPSA) is 67.5 Å². The molecular formula is C15H24N2O2. The van der Waals surface area contributed by atoms with Crippen molar-refractivity contribution in [1.82, 2.24) is 0 Å². The third-order valence-electron chi connectivity index (χ3n) is 4.18. The van der Waals surface area contributed by atoms with Crippen LogP contribution in [0.15, 0.2) is 18.2 Å². The zero-order chi connectivity index (χ0) is 13.9. The fourth-order valence-corrected chi connectivity index (χ4v) is 2.73. The SMILES string of the molecule is COc1cc(NC2(CO)CCC(C)CC2)ccc1N. The highest BCUT2D eigenvalue weighted by molar-refractivity contribution is 5.62. The van der Waals surface area contributed by atoms with Crippen molar-refractivity contribution >= 4 is 11.4 Å². The summed E-state index contributed by atoms with van der Waals surface area (Å²) in [6.45, 7) is 2.43. The van der Waals surface area contributed by atoms with Gasteiger partial charge in [0.1, 0.15) is 5.75 Å². The Bertz CT molecular complexity index is 426. The van der Waals surface area contributed by atoms with Gasteiger partial charge in [-0.1, -0.05) is 6.92 Å². The molecule has 0 atom stereocenters. The van der Waals surface area contributed by atoms with Crippen LogP contribution in [0.3, 0.4) is 0 Å². The highest BCUT2D eigenvalue weighted by Crippen LogP contribution is 2.35. The molecule has 4 N–H and O–H groups in total. The number of nitrogens with one attached hydrogen (secondary N) is 1. The van der Waals surface area contributed by atoms with Crippen LogP contribution in [-0.2, 0) is 0 Å². The molecule has 0 heterocycles. The number of benzene rings is 1. The second-order valence-electron chi connectivity index (χ2n) is 5.70. The first-order chi connectivity index (χ1) is 9.08. The number of rotatable bonds is 4. The lowest BCUT2D eigenvalue weighted by Crippen LogP contribution is -2.45. The van der Waals surface area contributed by atoms with E-state index in [2.05, 4.69) is 12.2 Å². The molecule has 0 aromatic heterocycles. The van der Waals surface area contributed by atoms with E-state index in [1.807, 2.05) is 18.2 Å². The normalized spacial score (nSPS) is 27.0. The number of hydrogen-bond donors (Lipinski definition) is 3. The third kappa shape index (κ3) is 3.13. The first kappa shape index (κ1) is 14.0. The monoisotopic (exact) mass is 264 g/mol. The highest BCUT2D eigenvalue weighted by atomic mass is 16.5. The van der Waals surface area contributed by atoms with Crippen LogP contribution in [0, 0.1) is 5.92 Å². The number of aliphatic hydroxyl groups is 1. The number of anilines is 2. The number of nitrogen functional groups attached to an aromatic ring is 1. The van der Waals surface area contributed by atoms with Crippen molar-refractivity contribution in [2.75, 3.05) is 24.8 Å². The summed E-state index contributed by atoms with van der Waals surface area (Å²) in [6, 6.07) is 5.66. The molecule has 1 fully saturated rings. The van der Waals surface area contributed by atoms with Crippen LogP contribution in [0.2, 0.25) is 0 Å². The molecule has 2 rings (SSSR count). The summed E-state index contributed by atoms with van der Waals surface area (Å²) in [5.74, 6) is 1.42. The van der Waals surface area contributed by atoms with E-state index in [0.29, 0.717) is 11.4 Å².